The van der Waals surface area contributed by atoms with E-state index in [4.69, 9.17) is 0 Å². The molecule has 0 saturated carbocycles. The van der Waals surface area contributed by atoms with E-state index in [0.29, 0.717) is 11.6 Å². The van der Waals surface area contributed by atoms with Gasteiger partial charge in [0.2, 0.25) is 5.56 Å². The molecular formula is C22H22FN5OS. The lowest BCUT2D eigenvalue weighted by Crippen LogP contribution is -2.08. The van der Waals surface area contributed by atoms with Gasteiger partial charge in [0.15, 0.2) is 0 Å². The van der Waals surface area contributed by atoms with Gasteiger partial charge in [-0.1, -0.05) is 0 Å². The third-order valence-electron chi connectivity index (χ3n) is 4.58. The summed E-state index contributed by atoms with van der Waals surface area (Å²) in [6.07, 6.45) is 4.51. The van der Waals surface area contributed by atoms with E-state index < -0.39 is 0 Å². The number of hydrogen-bond acceptors (Lipinski definition) is 6. The molecule has 1 fully saturated rings. The van der Waals surface area contributed by atoms with E-state index in [1.165, 1.54) is 55.5 Å². The molecule has 1 aromatic carbocycles. The molecule has 8 heteroatoms. The van der Waals surface area contributed by atoms with Gasteiger partial charge in [-0.2, -0.15) is 0 Å². The maximum atomic E-state index is 13.1. The first-order valence-electron chi connectivity index (χ1n) is 9.78. The monoisotopic (exact) mass is 423 g/mol. The molecule has 0 aliphatic carbocycles. The number of nitrogens with zero attached hydrogens (tertiary/aromatic N) is 2. The molecule has 154 valence electrons. The van der Waals surface area contributed by atoms with Crippen LogP contribution in [0.25, 0.3) is 20.8 Å². The van der Waals surface area contributed by atoms with E-state index in [9.17, 15) is 9.18 Å². The number of thiazole rings is 1. The molecule has 4 aromatic rings. The zero-order valence-electron chi connectivity index (χ0n) is 16.5. The highest BCUT2D eigenvalue weighted by Gasteiger charge is 2.08. The molecule has 4 heterocycles. The smallest absolute Gasteiger partial charge is 0.249 e. The Morgan fingerprint density at radius 2 is 1.87 bits per heavy atom. The van der Waals surface area contributed by atoms with Gasteiger partial charge in [0.1, 0.15) is 22.5 Å². The molecule has 6 nitrogen and oxygen atoms in total. The number of fused-ring (bicyclic) bond motifs is 1. The summed E-state index contributed by atoms with van der Waals surface area (Å²) in [5, 5.41) is 7.11. The molecule has 30 heavy (non-hydrogen) atoms. The minimum absolute atomic E-state index is 0.171. The van der Waals surface area contributed by atoms with Crippen LogP contribution in [0, 0.1) is 12.7 Å². The topological polar surface area (TPSA) is 82.7 Å². The van der Waals surface area contributed by atoms with Crippen LogP contribution in [0.3, 0.4) is 0 Å². The van der Waals surface area contributed by atoms with Crippen molar-refractivity contribution in [3.8, 4) is 10.6 Å². The molecule has 3 N–H and O–H groups in total. The van der Waals surface area contributed by atoms with E-state index in [1.807, 2.05) is 19.1 Å². The second-order valence-corrected chi connectivity index (χ2v) is 8.11. The Bertz CT molecular complexity index is 1190. The number of aromatic amines is 1. The molecule has 0 amide bonds. The standard InChI is InChI=1S/C18H13FN4OS.C4H9N/c1-10-6-16(23-17(24)7-10)22-15-8-13-14(9-20-15)25-18(21-13)11-2-4-12(19)5-3-11;1-2-4-5-3-1/h2-9H,1H3,(H2,20,22,23,24);5H,1-4H2. The van der Waals surface area contributed by atoms with Crippen molar-refractivity contribution in [3.05, 3.63) is 70.4 Å². The molecule has 5 rings (SSSR count). The second kappa shape index (κ2) is 9.15. The maximum Gasteiger partial charge on any atom is 0.249 e. The summed E-state index contributed by atoms with van der Waals surface area (Å²) in [5.41, 5.74) is 2.34. The van der Waals surface area contributed by atoms with Crippen molar-refractivity contribution in [3.63, 3.8) is 0 Å². The number of aryl methyl sites for hydroxylation is 1. The fraction of sp³-hybridized carbons (Fsp3) is 0.227. The normalized spacial score (nSPS) is 13.1. The number of aromatic nitrogens is 3. The van der Waals surface area contributed by atoms with Gasteiger partial charge >= 0.3 is 0 Å². The van der Waals surface area contributed by atoms with Crippen molar-refractivity contribution in [1.82, 2.24) is 20.3 Å². The van der Waals surface area contributed by atoms with Crippen LogP contribution in [0.15, 0.2) is 53.5 Å². The van der Waals surface area contributed by atoms with Gasteiger partial charge in [0.25, 0.3) is 0 Å². The first-order chi connectivity index (χ1) is 14.6. The molecule has 0 atom stereocenters. The van der Waals surface area contributed by atoms with Crippen molar-refractivity contribution >= 4 is 33.2 Å². The van der Waals surface area contributed by atoms with Gasteiger partial charge < -0.3 is 15.6 Å². The van der Waals surface area contributed by atoms with Crippen molar-refractivity contribution in [2.24, 2.45) is 0 Å². The Labute approximate surface area is 177 Å². The minimum Gasteiger partial charge on any atom is -0.326 e. The summed E-state index contributed by atoms with van der Waals surface area (Å²) in [6.45, 7) is 4.35. The van der Waals surface area contributed by atoms with E-state index in [0.717, 1.165) is 26.4 Å². The average Bonchev–Trinajstić information content (AvgIpc) is 3.41. The summed E-state index contributed by atoms with van der Waals surface area (Å²) in [7, 11) is 0. The maximum absolute atomic E-state index is 13.1. The number of nitrogens with one attached hydrogen (secondary N) is 3. The van der Waals surface area contributed by atoms with Crippen LogP contribution in [-0.2, 0) is 0 Å². The number of rotatable bonds is 3. The zero-order valence-corrected chi connectivity index (χ0v) is 17.4. The molecule has 1 saturated heterocycles. The molecule has 0 bridgehead atoms. The van der Waals surface area contributed by atoms with E-state index in [-0.39, 0.29) is 11.4 Å². The number of halogens is 1. The highest BCUT2D eigenvalue weighted by atomic mass is 32.1. The average molecular weight is 424 g/mol. The Kier molecular flexibility index (Phi) is 6.15. The van der Waals surface area contributed by atoms with Crippen LogP contribution in [0.2, 0.25) is 0 Å². The lowest BCUT2D eigenvalue weighted by molar-refractivity contribution is 0.628. The highest BCUT2D eigenvalue weighted by molar-refractivity contribution is 7.21. The quantitative estimate of drug-likeness (QED) is 0.448. The number of benzene rings is 1. The van der Waals surface area contributed by atoms with Gasteiger partial charge in [0.05, 0.1) is 10.2 Å². The summed E-state index contributed by atoms with van der Waals surface area (Å²) >= 11 is 1.49. The summed E-state index contributed by atoms with van der Waals surface area (Å²) in [5.74, 6) is 0.890. The number of H-pyrrole nitrogens is 1. The summed E-state index contributed by atoms with van der Waals surface area (Å²) < 4.78 is 14.0. The SMILES string of the molecule is C1CCNC1.Cc1cc(Nc2cc3nc(-c4ccc(F)cc4)sc3cn2)[nH]c(=O)c1. The lowest BCUT2D eigenvalue weighted by atomic mass is 10.2. The third kappa shape index (κ3) is 5.08. The predicted octanol–water partition coefficient (Wildman–Crippen LogP) is 4.61. The lowest BCUT2D eigenvalue weighted by Gasteiger charge is -2.05. The van der Waals surface area contributed by atoms with Crippen LogP contribution in [0.4, 0.5) is 16.0 Å². The second-order valence-electron chi connectivity index (χ2n) is 7.08. The minimum atomic E-state index is -0.273. The van der Waals surface area contributed by atoms with Crippen molar-refractivity contribution < 1.29 is 4.39 Å². The third-order valence-corrected chi connectivity index (χ3v) is 5.63. The largest absolute Gasteiger partial charge is 0.326 e. The Morgan fingerprint density at radius 1 is 1.10 bits per heavy atom. The molecule has 0 radical (unpaired) electrons. The van der Waals surface area contributed by atoms with E-state index in [1.54, 1.807) is 18.3 Å². The Morgan fingerprint density at radius 3 is 2.53 bits per heavy atom. The van der Waals surface area contributed by atoms with E-state index >= 15 is 0 Å². The van der Waals surface area contributed by atoms with Crippen LogP contribution in [0.5, 0.6) is 0 Å². The highest BCUT2D eigenvalue weighted by Crippen LogP contribution is 2.31. The van der Waals surface area contributed by atoms with E-state index in [2.05, 4.69) is 25.6 Å². The fourth-order valence-electron chi connectivity index (χ4n) is 3.13. The number of hydrogen-bond donors (Lipinski definition) is 3. The fourth-order valence-corrected chi connectivity index (χ4v) is 4.05. The molecule has 0 unspecified atom stereocenters. The number of anilines is 2. The van der Waals surface area contributed by atoms with Gasteiger partial charge in [0, 0.05) is 23.9 Å². The van der Waals surface area contributed by atoms with Crippen LogP contribution >= 0.6 is 11.3 Å². The van der Waals surface area contributed by atoms with Gasteiger partial charge in [-0.25, -0.2) is 14.4 Å². The Hall–Kier alpha value is -3.10. The van der Waals surface area contributed by atoms with Crippen molar-refractivity contribution in [2.45, 2.75) is 19.8 Å². The van der Waals surface area contributed by atoms with Crippen LogP contribution in [0.1, 0.15) is 18.4 Å². The first kappa shape index (κ1) is 20.2. The molecule has 1 aliphatic rings. The first-order valence-corrected chi connectivity index (χ1v) is 10.6. The van der Waals surface area contributed by atoms with Crippen molar-refractivity contribution in [1.29, 1.82) is 0 Å². The molecule has 3 aromatic heterocycles. The summed E-state index contributed by atoms with van der Waals surface area (Å²) in [6, 6.07) is 11.4. The predicted molar refractivity (Wildman–Crippen MR) is 120 cm³/mol. The Balaban J connectivity index is 0.000000383. The molecule has 0 spiro atoms. The van der Waals surface area contributed by atoms with Gasteiger partial charge in [-0.3, -0.25) is 4.79 Å². The molecular weight excluding hydrogens is 401 g/mol. The van der Waals surface area contributed by atoms with Crippen molar-refractivity contribution in [2.75, 3.05) is 18.4 Å². The summed E-state index contributed by atoms with van der Waals surface area (Å²) in [4.78, 5) is 23.2. The van der Waals surface area contributed by atoms with Gasteiger partial charge in [-0.05, 0) is 68.8 Å². The van der Waals surface area contributed by atoms with Crippen LogP contribution < -0.4 is 16.2 Å². The van der Waals surface area contributed by atoms with Crippen LogP contribution in [-0.4, -0.2) is 28.0 Å². The zero-order chi connectivity index (χ0) is 20.9. The van der Waals surface area contributed by atoms with Gasteiger partial charge in [-0.15, -0.1) is 11.3 Å². The molecule has 1 aliphatic heterocycles. The number of pyridine rings is 2.